The van der Waals surface area contributed by atoms with E-state index in [0.717, 1.165) is 0 Å². The van der Waals surface area contributed by atoms with E-state index in [0.29, 0.717) is 6.42 Å². The molecule has 2 saturated heterocycles. The van der Waals surface area contributed by atoms with Gasteiger partial charge >= 0.3 is 0 Å². The molecule has 2 aliphatic heterocycles. The molecule has 0 saturated carbocycles. The Labute approximate surface area is 82.6 Å². The summed E-state index contributed by atoms with van der Waals surface area (Å²) >= 11 is 0. The first kappa shape index (κ1) is 10.3. The van der Waals surface area contributed by atoms with E-state index in [1.807, 2.05) is 13.8 Å². The van der Waals surface area contributed by atoms with E-state index < -0.39 is 18.2 Å². The minimum atomic E-state index is -0.851. The summed E-state index contributed by atoms with van der Waals surface area (Å²) in [7, 11) is 0. The Morgan fingerprint density at radius 2 is 2.14 bits per heavy atom. The molecule has 0 aromatic heterocycles. The molecule has 5 nitrogen and oxygen atoms in total. The van der Waals surface area contributed by atoms with E-state index in [4.69, 9.17) is 19.3 Å². The standard InChI is InChI=1S/C9H16O5/c1-9(2)13-7-3-6(5(11)4-10)12-8(7)14-9/h5-8,10-11H,3-4H2,1-2H3/t5-,6-,7-,8-/m1/s1. The number of aliphatic hydroxyl groups excluding tert-OH is 2. The average Bonchev–Trinajstić information content (AvgIpc) is 2.56. The number of hydrogen-bond acceptors (Lipinski definition) is 5. The van der Waals surface area contributed by atoms with Crippen LogP contribution in [-0.4, -0.2) is 47.2 Å². The van der Waals surface area contributed by atoms with E-state index in [1.54, 1.807) is 0 Å². The monoisotopic (exact) mass is 204 g/mol. The lowest BCUT2D eigenvalue weighted by Gasteiger charge is -2.22. The van der Waals surface area contributed by atoms with E-state index >= 15 is 0 Å². The van der Waals surface area contributed by atoms with Gasteiger partial charge < -0.3 is 24.4 Å². The molecular weight excluding hydrogens is 188 g/mol. The van der Waals surface area contributed by atoms with Crippen molar-refractivity contribution in [2.75, 3.05) is 6.61 Å². The van der Waals surface area contributed by atoms with Gasteiger partial charge in [-0.1, -0.05) is 0 Å². The molecule has 2 rings (SSSR count). The van der Waals surface area contributed by atoms with Gasteiger partial charge in [0.05, 0.1) is 12.7 Å². The summed E-state index contributed by atoms with van der Waals surface area (Å²) in [6, 6.07) is 0. The predicted octanol–water partition coefficient (Wildman–Crippen LogP) is -0.394. The summed E-state index contributed by atoms with van der Waals surface area (Å²) in [5.74, 6) is -0.607. The van der Waals surface area contributed by atoms with Crippen LogP contribution in [0, 0.1) is 0 Å². The average molecular weight is 204 g/mol. The third-order valence-corrected chi connectivity index (χ3v) is 2.53. The van der Waals surface area contributed by atoms with Gasteiger partial charge in [0.2, 0.25) is 0 Å². The van der Waals surface area contributed by atoms with Crippen molar-refractivity contribution < 1.29 is 24.4 Å². The summed E-state index contributed by atoms with van der Waals surface area (Å²) in [6.07, 6.45) is -1.20. The SMILES string of the molecule is CC1(C)O[C@H]2O[C@@H]([C@H](O)CO)C[C@H]2O1. The summed E-state index contributed by atoms with van der Waals surface area (Å²) in [5, 5.41) is 18.1. The summed E-state index contributed by atoms with van der Waals surface area (Å²) in [6.45, 7) is 3.35. The Morgan fingerprint density at radius 3 is 2.71 bits per heavy atom. The molecule has 2 fully saturated rings. The van der Waals surface area contributed by atoms with Crippen LogP contribution in [0.15, 0.2) is 0 Å². The van der Waals surface area contributed by atoms with Crippen LogP contribution < -0.4 is 0 Å². The van der Waals surface area contributed by atoms with Crippen LogP contribution in [0.4, 0.5) is 0 Å². The fraction of sp³-hybridized carbons (Fsp3) is 1.00. The van der Waals surface area contributed by atoms with E-state index in [9.17, 15) is 5.11 Å². The van der Waals surface area contributed by atoms with Crippen molar-refractivity contribution in [3.05, 3.63) is 0 Å². The van der Waals surface area contributed by atoms with Crippen LogP contribution in [0.3, 0.4) is 0 Å². The van der Waals surface area contributed by atoms with Crippen LogP contribution in [0.25, 0.3) is 0 Å². The van der Waals surface area contributed by atoms with Crippen LogP contribution in [0.2, 0.25) is 0 Å². The van der Waals surface area contributed by atoms with Crippen molar-refractivity contribution in [3.8, 4) is 0 Å². The molecule has 4 atom stereocenters. The highest BCUT2D eigenvalue weighted by Crippen LogP contribution is 2.37. The molecule has 0 amide bonds. The number of ether oxygens (including phenoxy) is 3. The highest BCUT2D eigenvalue weighted by molar-refractivity contribution is 4.87. The van der Waals surface area contributed by atoms with Gasteiger partial charge in [-0.2, -0.15) is 0 Å². The van der Waals surface area contributed by atoms with Crippen molar-refractivity contribution in [1.82, 2.24) is 0 Å². The molecule has 0 bridgehead atoms. The Kier molecular flexibility index (Phi) is 2.53. The van der Waals surface area contributed by atoms with Crippen molar-refractivity contribution >= 4 is 0 Å². The molecule has 2 aliphatic rings. The lowest BCUT2D eigenvalue weighted by atomic mass is 10.1. The molecule has 2 N–H and O–H groups in total. The normalized spacial score (nSPS) is 42.4. The largest absolute Gasteiger partial charge is 0.394 e. The van der Waals surface area contributed by atoms with Gasteiger partial charge in [-0.25, -0.2) is 0 Å². The summed E-state index contributed by atoms with van der Waals surface area (Å²) in [5.41, 5.74) is 0. The lowest BCUT2D eigenvalue weighted by Crippen LogP contribution is -2.32. The van der Waals surface area contributed by atoms with Crippen LogP contribution in [0.5, 0.6) is 0 Å². The Morgan fingerprint density at radius 1 is 1.43 bits per heavy atom. The molecule has 0 spiro atoms. The highest BCUT2D eigenvalue weighted by Gasteiger charge is 2.49. The van der Waals surface area contributed by atoms with Gasteiger partial charge in [-0.05, 0) is 13.8 Å². The highest BCUT2D eigenvalue weighted by atomic mass is 16.8. The Balaban J connectivity index is 1.93. The van der Waals surface area contributed by atoms with Crippen LogP contribution in [-0.2, 0) is 14.2 Å². The molecule has 0 aromatic carbocycles. The lowest BCUT2D eigenvalue weighted by molar-refractivity contribution is -0.215. The molecule has 2 heterocycles. The number of aliphatic hydroxyl groups is 2. The molecule has 0 aliphatic carbocycles. The zero-order valence-electron chi connectivity index (χ0n) is 8.34. The topological polar surface area (TPSA) is 68.2 Å². The fourth-order valence-corrected chi connectivity index (χ4v) is 1.90. The van der Waals surface area contributed by atoms with Crippen molar-refractivity contribution in [2.45, 2.75) is 50.7 Å². The first-order chi connectivity index (χ1) is 6.52. The third kappa shape index (κ3) is 1.78. The molecular formula is C9H16O5. The van der Waals surface area contributed by atoms with Gasteiger partial charge in [-0.15, -0.1) is 0 Å². The van der Waals surface area contributed by atoms with Gasteiger partial charge in [0, 0.05) is 6.42 Å². The van der Waals surface area contributed by atoms with E-state index in [2.05, 4.69) is 0 Å². The third-order valence-electron chi connectivity index (χ3n) is 2.53. The quantitative estimate of drug-likeness (QED) is 0.641. The van der Waals surface area contributed by atoms with Crippen LogP contribution >= 0.6 is 0 Å². The number of hydrogen-bond donors (Lipinski definition) is 2. The van der Waals surface area contributed by atoms with Crippen molar-refractivity contribution in [1.29, 1.82) is 0 Å². The van der Waals surface area contributed by atoms with Gasteiger partial charge in [0.1, 0.15) is 12.2 Å². The first-order valence-corrected chi connectivity index (χ1v) is 4.82. The maximum absolute atomic E-state index is 9.36. The molecule has 82 valence electrons. The second-order valence-electron chi connectivity index (χ2n) is 4.20. The molecule has 0 aromatic rings. The number of fused-ring (bicyclic) bond motifs is 1. The minimum Gasteiger partial charge on any atom is -0.394 e. The van der Waals surface area contributed by atoms with E-state index in [1.165, 1.54) is 0 Å². The van der Waals surface area contributed by atoms with Gasteiger partial charge in [0.25, 0.3) is 0 Å². The van der Waals surface area contributed by atoms with Gasteiger partial charge in [0.15, 0.2) is 12.1 Å². The summed E-state index contributed by atoms with van der Waals surface area (Å²) in [4.78, 5) is 0. The second kappa shape index (κ2) is 3.43. The maximum atomic E-state index is 9.36. The minimum absolute atomic E-state index is 0.129. The molecule has 5 heteroatoms. The zero-order valence-corrected chi connectivity index (χ0v) is 8.34. The number of rotatable bonds is 2. The molecule has 0 unspecified atom stereocenters. The molecule has 0 radical (unpaired) electrons. The zero-order chi connectivity index (χ0) is 10.3. The summed E-state index contributed by atoms with van der Waals surface area (Å²) < 4.78 is 16.4. The predicted molar refractivity (Wildman–Crippen MR) is 46.4 cm³/mol. The second-order valence-corrected chi connectivity index (χ2v) is 4.20. The smallest absolute Gasteiger partial charge is 0.187 e. The Hall–Kier alpha value is -0.200. The fourth-order valence-electron chi connectivity index (χ4n) is 1.90. The first-order valence-electron chi connectivity index (χ1n) is 4.82. The van der Waals surface area contributed by atoms with E-state index in [-0.39, 0.29) is 18.8 Å². The Bertz CT molecular complexity index is 201. The van der Waals surface area contributed by atoms with Gasteiger partial charge in [-0.3, -0.25) is 0 Å². The van der Waals surface area contributed by atoms with Crippen LogP contribution in [0.1, 0.15) is 20.3 Å². The maximum Gasteiger partial charge on any atom is 0.187 e. The molecule has 14 heavy (non-hydrogen) atoms. The van der Waals surface area contributed by atoms with Crippen molar-refractivity contribution in [3.63, 3.8) is 0 Å². The van der Waals surface area contributed by atoms with Crippen molar-refractivity contribution in [2.24, 2.45) is 0 Å².